The summed E-state index contributed by atoms with van der Waals surface area (Å²) in [5.41, 5.74) is 8.66. The number of hydrogen-bond donors (Lipinski definition) is 2. The fourth-order valence-corrected chi connectivity index (χ4v) is 3.34. The number of nitrogen functional groups attached to an aromatic ring is 1. The van der Waals surface area contributed by atoms with E-state index in [1.165, 1.54) is 28.9 Å². The van der Waals surface area contributed by atoms with E-state index in [-0.39, 0.29) is 29.2 Å². The Labute approximate surface area is 192 Å². The van der Waals surface area contributed by atoms with Crippen LogP contribution in [-0.4, -0.2) is 28.0 Å². The van der Waals surface area contributed by atoms with E-state index >= 15 is 0 Å². The zero-order valence-electron chi connectivity index (χ0n) is 18.9. The SMILES string of the molecule is CC(C)(C)c1ccc(C(=O)C(=O)NCCCc2nn(-c3ccc(F)cc3)c(N)c2C#N)cc1. The first kappa shape index (κ1) is 23.7. The van der Waals surface area contributed by atoms with E-state index < -0.39 is 11.7 Å². The smallest absolute Gasteiger partial charge is 0.292 e. The molecule has 170 valence electrons. The molecule has 3 aromatic rings. The number of hydrogen-bond acceptors (Lipinski definition) is 5. The minimum Gasteiger partial charge on any atom is -0.382 e. The van der Waals surface area contributed by atoms with Gasteiger partial charge < -0.3 is 11.1 Å². The fraction of sp³-hybridized carbons (Fsp3) is 0.280. The van der Waals surface area contributed by atoms with Crippen molar-refractivity contribution in [2.24, 2.45) is 0 Å². The van der Waals surface area contributed by atoms with Gasteiger partial charge in [-0.15, -0.1) is 0 Å². The number of carbonyl (C=O) groups is 2. The number of carbonyl (C=O) groups excluding carboxylic acids is 2. The molecule has 0 radical (unpaired) electrons. The molecule has 0 aliphatic heterocycles. The molecule has 0 aliphatic rings. The normalized spacial score (nSPS) is 11.1. The molecule has 1 aromatic heterocycles. The standard InChI is InChI=1S/C25H26FN5O2/c1-25(2,3)17-8-6-16(7-9-17)22(32)24(33)29-14-4-5-21-20(15-27)23(28)31(30-21)19-12-10-18(26)11-13-19/h6-13H,4-5,14,28H2,1-3H3,(H,29,33). The summed E-state index contributed by atoms with van der Waals surface area (Å²) in [4.78, 5) is 24.6. The van der Waals surface area contributed by atoms with Gasteiger partial charge in [-0.3, -0.25) is 9.59 Å². The molecular weight excluding hydrogens is 421 g/mol. The van der Waals surface area contributed by atoms with Crippen LogP contribution in [0.15, 0.2) is 48.5 Å². The highest BCUT2D eigenvalue weighted by molar-refractivity contribution is 6.42. The molecule has 0 bridgehead atoms. The summed E-state index contributed by atoms with van der Waals surface area (Å²) in [6.07, 6.45) is 0.826. The minimum absolute atomic E-state index is 0.0425. The molecule has 0 unspecified atom stereocenters. The van der Waals surface area contributed by atoms with Crippen LogP contribution in [0.2, 0.25) is 0 Å². The molecule has 3 N–H and O–H groups in total. The summed E-state index contributed by atoms with van der Waals surface area (Å²) in [6, 6.07) is 14.7. The first-order valence-electron chi connectivity index (χ1n) is 10.6. The number of halogens is 1. The Balaban J connectivity index is 1.59. The van der Waals surface area contributed by atoms with Gasteiger partial charge in [0.05, 0.1) is 11.4 Å². The number of anilines is 1. The van der Waals surface area contributed by atoms with Gasteiger partial charge in [-0.05, 0) is 48.1 Å². The van der Waals surface area contributed by atoms with E-state index in [1.807, 2.05) is 18.2 Å². The fourth-order valence-electron chi connectivity index (χ4n) is 3.34. The first-order valence-corrected chi connectivity index (χ1v) is 10.6. The second kappa shape index (κ2) is 9.65. The second-order valence-corrected chi connectivity index (χ2v) is 8.72. The lowest BCUT2D eigenvalue weighted by Gasteiger charge is -2.18. The van der Waals surface area contributed by atoms with Gasteiger partial charge in [0, 0.05) is 12.1 Å². The molecule has 1 heterocycles. The maximum atomic E-state index is 13.2. The van der Waals surface area contributed by atoms with Gasteiger partial charge in [0.2, 0.25) is 5.78 Å². The van der Waals surface area contributed by atoms with Crippen LogP contribution < -0.4 is 11.1 Å². The highest BCUT2D eigenvalue weighted by Gasteiger charge is 2.19. The average Bonchev–Trinajstić information content (AvgIpc) is 3.11. The van der Waals surface area contributed by atoms with Crippen LogP contribution in [-0.2, 0) is 16.6 Å². The summed E-state index contributed by atoms with van der Waals surface area (Å²) >= 11 is 0. The van der Waals surface area contributed by atoms with Crippen LogP contribution in [0, 0.1) is 17.1 Å². The molecule has 1 amide bonds. The summed E-state index contributed by atoms with van der Waals surface area (Å²) in [5, 5.41) is 16.4. The number of nitriles is 1. The molecule has 7 nitrogen and oxygen atoms in total. The third-order valence-corrected chi connectivity index (χ3v) is 5.27. The predicted octanol–water partition coefficient (Wildman–Crippen LogP) is 3.69. The van der Waals surface area contributed by atoms with Crippen LogP contribution in [0.3, 0.4) is 0 Å². The van der Waals surface area contributed by atoms with Crippen molar-refractivity contribution in [3.8, 4) is 11.8 Å². The Kier molecular flexibility index (Phi) is 6.92. The van der Waals surface area contributed by atoms with Gasteiger partial charge in [-0.1, -0.05) is 45.0 Å². The lowest BCUT2D eigenvalue weighted by Crippen LogP contribution is -2.32. The van der Waals surface area contributed by atoms with Crippen molar-refractivity contribution in [2.75, 3.05) is 12.3 Å². The van der Waals surface area contributed by atoms with E-state index in [4.69, 9.17) is 5.73 Å². The van der Waals surface area contributed by atoms with E-state index in [2.05, 4.69) is 31.2 Å². The first-order chi connectivity index (χ1) is 15.6. The highest BCUT2D eigenvalue weighted by atomic mass is 19.1. The monoisotopic (exact) mass is 447 g/mol. The van der Waals surface area contributed by atoms with E-state index in [9.17, 15) is 19.2 Å². The van der Waals surface area contributed by atoms with Crippen LogP contribution in [0.1, 0.15) is 54.4 Å². The van der Waals surface area contributed by atoms with Crippen molar-refractivity contribution < 1.29 is 14.0 Å². The quantitative estimate of drug-likeness (QED) is 0.326. The Hall–Kier alpha value is -3.99. The third kappa shape index (κ3) is 5.44. The number of aryl methyl sites for hydroxylation is 1. The molecule has 0 fully saturated rings. The van der Waals surface area contributed by atoms with Gasteiger partial charge in [0.1, 0.15) is 23.3 Å². The summed E-state index contributed by atoms with van der Waals surface area (Å²) in [7, 11) is 0. The number of amides is 1. The lowest BCUT2D eigenvalue weighted by atomic mass is 9.86. The molecule has 0 atom stereocenters. The number of rotatable bonds is 7. The van der Waals surface area contributed by atoms with E-state index in [0.29, 0.717) is 29.8 Å². The number of aromatic nitrogens is 2. The third-order valence-electron chi connectivity index (χ3n) is 5.27. The molecule has 33 heavy (non-hydrogen) atoms. The molecular formula is C25H26FN5O2. The molecule has 0 aliphatic carbocycles. The average molecular weight is 448 g/mol. The number of nitrogens with two attached hydrogens (primary N) is 1. The highest BCUT2D eigenvalue weighted by Crippen LogP contribution is 2.23. The maximum absolute atomic E-state index is 13.2. The van der Waals surface area contributed by atoms with E-state index in [0.717, 1.165) is 5.56 Å². The van der Waals surface area contributed by atoms with Crippen LogP contribution in [0.5, 0.6) is 0 Å². The molecule has 0 saturated heterocycles. The van der Waals surface area contributed by atoms with Crippen LogP contribution in [0.25, 0.3) is 5.69 Å². The predicted molar refractivity (Wildman–Crippen MR) is 123 cm³/mol. The molecule has 8 heteroatoms. The summed E-state index contributed by atoms with van der Waals surface area (Å²) in [6.45, 7) is 6.46. The zero-order valence-corrected chi connectivity index (χ0v) is 18.9. The topological polar surface area (TPSA) is 114 Å². The van der Waals surface area contributed by atoms with Crippen LogP contribution in [0.4, 0.5) is 10.2 Å². The Morgan fingerprint density at radius 1 is 1.12 bits per heavy atom. The molecule has 2 aromatic carbocycles. The maximum Gasteiger partial charge on any atom is 0.292 e. The van der Waals surface area contributed by atoms with Gasteiger partial charge >= 0.3 is 0 Å². The molecule has 0 spiro atoms. The summed E-state index contributed by atoms with van der Waals surface area (Å²) < 4.78 is 14.6. The van der Waals surface area contributed by atoms with Crippen molar-refractivity contribution in [3.05, 3.63) is 76.7 Å². The Bertz CT molecular complexity index is 1200. The van der Waals surface area contributed by atoms with Crippen LogP contribution >= 0.6 is 0 Å². The zero-order chi connectivity index (χ0) is 24.2. The summed E-state index contributed by atoms with van der Waals surface area (Å²) in [5.74, 6) is -1.51. The number of ketones is 1. The van der Waals surface area contributed by atoms with Crippen molar-refractivity contribution in [1.29, 1.82) is 5.26 Å². The Morgan fingerprint density at radius 3 is 2.33 bits per heavy atom. The van der Waals surface area contributed by atoms with Gasteiger partial charge in [-0.2, -0.15) is 10.4 Å². The van der Waals surface area contributed by atoms with E-state index in [1.54, 1.807) is 12.1 Å². The second-order valence-electron chi connectivity index (χ2n) is 8.72. The number of Topliss-reactive ketones (excluding diaryl/α,β-unsaturated/α-hetero) is 1. The minimum atomic E-state index is -0.685. The number of benzene rings is 2. The van der Waals surface area contributed by atoms with Crippen molar-refractivity contribution in [2.45, 2.75) is 39.0 Å². The Morgan fingerprint density at radius 2 is 1.76 bits per heavy atom. The molecule has 3 rings (SSSR count). The van der Waals surface area contributed by atoms with Crippen molar-refractivity contribution in [3.63, 3.8) is 0 Å². The van der Waals surface area contributed by atoms with Crippen molar-refractivity contribution >= 4 is 17.5 Å². The van der Waals surface area contributed by atoms with Gasteiger partial charge in [-0.25, -0.2) is 9.07 Å². The number of nitrogens with zero attached hydrogens (tertiary/aromatic N) is 3. The largest absolute Gasteiger partial charge is 0.382 e. The van der Waals surface area contributed by atoms with Gasteiger partial charge in [0.25, 0.3) is 5.91 Å². The lowest BCUT2D eigenvalue weighted by molar-refractivity contribution is -0.117. The van der Waals surface area contributed by atoms with Gasteiger partial charge in [0.15, 0.2) is 0 Å². The van der Waals surface area contributed by atoms with Crippen molar-refractivity contribution in [1.82, 2.24) is 15.1 Å². The molecule has 0 saturated carbocycles. The number of nitrogens with one attached hydrogen (secondary N) is 1.